The Morgan fingerprint density at radius 3 is 2.69 bits per heavy atom. The number of hydrogen-bond donors (Lipinski definition) is 1. The van der Waals surface area contributed by atoms with E-state index in [1.54, 1.807) is 32.1 Å². The summed E-state index contributed by atoms with van der Waals surface area (Å²) in [5.74, 6) is -1.37. The summed E-state index contributed by atoms with van der Waals surface area (Å²) in [6, 6.07) is 4.16. The molecule has 10 heteroatoms. The van der Waals surface area contributed by atoms with E-state index < -0.39 is 28.4 Å². The summed E-state index contributed by atoms with van der Waals surface area (Å²) < 4.78 is 23.3. The number of aryl methyl sites for hydroxylation is 1. The standard InChI is InChI=1S/C25H23FN4O5/c1-4-25(34)16-9-18-20-19(10-30(18)23(32)15(16)11-35-24(25)33)29-6-5-17(27-28(2)3)13-7-12(26)8-14(21(13)29)22(20)31/h7-9,34H,4-6,10-11H2,1-3H3/b27-17-/t25-/m0/s1. The lowest BCUT2D eigenvalue weighted by Gasteiger charge is -2.31. The molecule has 0 saturated carbocycles. The van der Waals surface area contributed by atoms with Crippen LogP contribution in [-0.2, 0) is 34.8 Å². The molecule has 0 saturated heterocycles. The van der Waals surface area contributed by atoms with Crippen LogP contribution in [0.15, 0.2) is 32.9 Å². The third-order valence-electron chi connectivity index (χ3n) is 7.24. The van der Waals surface area contributed by atoms with Crippen molar-refractivity contribution in [2.24, 2.45) is 5.10 Å². The quantitative estimate of drug-likeness (QED) is 0.347. The Labute approximate surface area is 198 Å². The largest absolute Gasteiger partial charge is 0.458 e. The molecule has 1 N–H and O–H groups in total. The molecule has 0 bridgehead atoms. The first-order valence-electron chi connectivity index (χ1n) is 11.5. The number of esters is 1. The maximum absolute atomic E-state index is 14.7. The van der Waals surface area contributed by atoms with Crippen molar-refractivity contribution in [2.75, 3.05) is 14.1 Å². The molecule has 6 rings (SSSR count). The molecule has 0 spiro atoms. The van der Waals surface area contributed by atoms with E-state index in [0.29, 0.717) is 46.7 Å². The zero-order valence-electron chi connectivity index (χ0n) is 19.5. The average molecular weight is 478 g/mol. The first-order valence-corrected chi connectivity index (χ1v) is 11.5. The van der Waals surface area contributed by atoms with Gasteiger partial charge in [0, 0.05) is 43.6 Å². The number of aromatic nitrogens is 2. The number of ether oxygens (including phenoxy) is 1. The Morgan fingerprint density at radius 2 is 1.97 bits per heavy atom. The van der Waals surface area contributed by atoms with Gasteiger partial charge in [-0.3, -0.25) is 9.59 Å². The van der Waals surface area contributed by atoms with Gasteiger partial charge in [0.2, 0.25) is 0 Å². The zero-order chi connectivity index (χ0) is 24.8. The second kappa shape index (κ2) is 7.11. The number of fused-ring (bicyclic) bond motifs is 5. The number of carbonyl (C=O) groups excluding carboxylic acids is 1. The molecule has 0 unspecified atom stereocenters. The Morgan fingerprint density at radius 1 is 1.20 bits per heavy atom. The highest BCUT2D eigenvalue weighted by atomic mass is 19.1. The predicted molar refractivity (Wildman–Crippen MR) is 126 cm³/mol. The fourth-order valence-corrected chi connectivity index (χ4v) is 5.61. The minimum absolute atomic E-state index is 0.0130. The molecule has 1 atom stereocenters. The maximum Gasteiger partial charge on any atom is 0.343 e. The van der Waals surface area contributed by atoms with Crippen LogP contribution >= 0.6 is 0 Å². The third-order valence-corrected chi connectivity index (χ3v) is 7.24. The highest BCUT2D eigenvalue weighted by Gasteiger charge is 2.45. The van der Waals surface area contributed by atoms with E-state index in [0.717, 1.165) is 0 Å². The second-order valence-corrected chi connectivity index (χ2v) is 9.40. The molecular formula is C25H23FN4O5. The van der Waals surface area contributed by atoms with E-state index in [4.69, 9.17) is 4.74 Å². The van der Waals surface area contributed by atoms with Crippen LogP contribution < -0.4 is 11.0 Å². The number of carbonyl (C=O) groups is 1. The number of pyridine rings is 2. The Bertz CT molecular complexity index is 1630. The van der Waals surface area contributed by atoms with E-state index in [1.165, 1.54) is 16.7 Å². The number of hydrogen-bond acceptors (Lipinski definition) is 7. The molecule has 180 valence electrons. The van der Waals surface area contributed by atoms with Gasteiger partial charge in [-0.25, -0.2) is 9.18 Å². The van der Waals surface area contributed by atoms with Crippen LogP contribution in [0.25, 0.3) is 22.2 Å². The molecule has 2 aromatic heterocycles. The lowest BCUT2D eigenvalue weighted by molar-refractivity contribution is -0.172. The molecule has 3 aromatic rings. The van der Waals surface area contributed by atoms with Crippen molar-refractivity contribution in [3.63, 3.8) is 0 Å². The first-order chi connectivity index (χ1) is 16.7. The van der Waals surface area contributed by atoms with Gasteiger partial charge in [0.25, 0.3) is 5.56 Å². The third kappa shape index (κ3) is 2.77. The Kier molecular flexibility index (Phi) is 4.41. The number of hydrazone groups is 1. The summed E-state index contributed by atoms with van der Waals surface area (Å²) in [4.78, 5) is 39.6. The summed E-state index contributed by atoms with van der Waals surface area (Å²) in [5.41, 5.74) is 0.674. The minimum Gasteiger partial charge on any atom is -0.458 e. The van der Waals surface area contributed by atoms with Gasteiger partial charge in [-0.1, -0.05) is 6.92 Å². The van der Waals surface area contributed by atoms with Gasteiger partial charge in [0.05, 0.1) is 40.3 Å². The van der Waals surface area contributed by atoms with E-state index in [1.807, 2.05) is 4.57 Å². The lowest BCUT2D eigenvalue weighted by atomic mass is 9.85. The predicted octanol–water partition coefficient (Wildman–Crippen LogP) is 1.65. The van der Waals surface area contributed by atoms with Crippen LogP contribution in [0.1, 0.15) is 42.1 Å². The number of aliphatic hydroxyl groups is 1. The van der Waals surface area contributed by atoms with E-state index >= 15 is 0 Å². The van der Waals surface area contributed by atoms with Crippen molar-refractivity contribution < 1.29 is 19.0 Å². The zero-order valence-corrected chi connectivity index (χ0v) is 19.5. The average Bonchev–Trinajstić information content (AvgIpc) is 3.21. The number of halogens is 1. The Hall–Kier alpha value is -3.79. The molecular weight excluding hydrogens is 455 g/mol. The van der Waals surface area contributed by atoms with Crippen molar-refractivity contribution in [1.82, 2.24) is 14.1 Å². The number of benzene rings is 1. The van der Waals surface area contributed by atoms with Gasteiger partial charge in [0.1, 0.15) is 12.4 Å². The van der Waals surface area contributed by atoms with Gasteiger partial charge in [-0.05, 0) is 24.6 Å². The fourth-order valence-electron chi connectivity index (χ4n) is 5.61. The van der Waals surface area contributed by atoms with Crippen LogP contribution in [0.4, 0.5) is 4.39 Å². The first kappa shape index (κ1) is 21.7. The van der Waals surface area contributed by atoms with Gasteiger partial charge >= 0.3 is 5.97 Å². The highest BCUT2D eigenvalue weighted by Crippen LogP contribution is 2.39. The van der Waals surface area contributed by atoms with Crippen molar-refractivity contribution >= 4 is 22.6 Å². The molecule has 0 fully saturated rings. The SMILES string of the molecule is CC[C@@]1(O)C(=O)OCc2c1cc1n(c2=O)Cc2c-1c(=O)c1cc(F)cc3c1n2CC/C3=N/N(C)C. The summed E-state index contributed by atoms with van der Waals surface area (Å²) in [6.45, 7) is 2.04. The molecule has 3 aliphatic heterocycles. The summed E-state index contributed by atoms with van der Waals surface area (Å²) >= 11 is 0. The Balaban J connectivity index is 1.70. The van der Waals surface area contributed by atoms with Crippen LogP contribution in [0.2, 0.25) is 0 Å². The molecule has 5 heterocycles. The normalized spacial score (nSPS) is 21.1. The molecule has 35 heavy (non-hydrogen) atoms. The smallest absolute Gasteiger partial charge is 0.343 e. The molecule has 1 aromatic carbocycles. The second-order valence-electron chi connectivity index (χ2n) is 9.40. The summed E-state index contributed by atoms with van der Waals surface area (Å²) in [5, 5.41) is 17.4. The van der Waals surface area contributed by atoms with Gasteiger partial charge in [-0.2, -0.15) is 5.10 Å². The lowest BCUT2D eigenvalue weighted by Crippen LogP contribution is -2.44. The van der Waals surface area contributed by atoms with Crippen LogP contribution in [0, 0.1) is 5.82 Å². The highest BCUT2D eigenvalue weighted by molar-refractivity contribution is 6.11. The number of cyclic esters (lactones) is 1. The summed E-state index contributed by atoms with van der Waals surface area (Å²) in [7, 11) is 3.56. The van der Waals surface area contributed by atoms with Gasteiger partial charge in [-0.15, -0.1) is 0 Å². The maximum atomic E-state index is 14.7. The van der Waals surface area contributed by atoms with Crippen LogP contribution in [0.5, 0.6) is 0 Å². The van der Waals surface area contributed by atoms with E-state index in [9.17, 15) is 23.9 Å². The molecule has 9 nitrogen and oxygen atoms in total. The van der Waals surface area contributed by atoms with Crippen molar-refractivity contribution in [3.05, 3.63) is 67.0 Å². The molecule has 0 radical (unpaired) electrons. The molecule has 0 amide bonds. The summed E-state index contributed by atoms with van der Waals surface area (Å²) in [6.07, 6.45) is 0.539. The number of rotatable bonds is 2. The monoisotopic (exact) mass is 478 g/mol. The topological polar surface area (TPSA) is 106 Å². The molecule has 0 aliphatic carbocycles. The van der Waals surface area contributed by atoms with Crippen LogP contribution in [0.3, 0.4) is 0 Å². The van der Waals surface area contributed by atoms with Crippen molar-refractivity contribution in [1.29, 1.82) is 0 Å². The van der Waals surface area contributed by atoms with Crippen LogP contribution in [-0.4, -0.2) is 45.0 Å². The minimum atomic E-state index is -1.97. The fraction of sp³-hybridized carbons (Fsp3) is 0.360. The molecule has 3 aliphatic rings. The van der Waals surface area contributed by atoms with E-state index in [2.05, 4.69) is 5.10 Å². The van der Waals surface area contributed by atoms with E-state index in [-0.39, 0.29) is 36.1 Å². The number of nitrogens with zero attached hydrogens (tertiary/aromatic N) is 4. The van der Waals surface area contributed by atoms with Gasteiger partial charge < -0.3 is 24.0 Å². The van der Waals surface area contributed by atoms with Gasteiger partial charge in [0.15, 0.2) is 11.0 Å². The van der Waals surface area contributed by atoms with Crippen molar-refractivity contribution in [3.8, 4) is 11.3 Å². The van der Waals surface area contributed by atoms with Crippen molar-refractivity contribution in [2.45, 2.75) is 45.1 Å².